The summed E-state index contributed by atoms with van der Waals surface area (Å²) in [6.07, 6.45) is 0. The summed E-state index contributed by atoms with van der Waals surface area (Å²) in [7, 11) is 2.14. The molecule has 1 saturated heterocycles. The van der Waals surface area contributed by atoms with Gasteiger partial charge >= 0.3 is 0 Å². The molecule has 1 fully saturated rings. The van der Waals surface area contributed by atoms with Gasteiger partial charge in [0, 0.05) is 43.8 Å². The van der Waals surface area contributed by atoms with E-state index in [1.54, 1.807) is 0 Å². The predicted octanol–water partition coefficient (Wildman–Crippen LogP) is 2.06. The molecule has 4 nitrogen and oxygen atoms in total. The van der Waals surface area contributed by atoms with Crippen molar-refractivity contribution < 1.29 is 4.74 Å². The molecule has 1 aromatic rings. The lowest BCUT2D eigenvalue weighted by molar-refractivity contribution is 0.0806. The lowest BCUT2D eigenvalue weighted by atomic mass is 10.2. The van der Waals surface area contributed by atoms with Crippen LogP contribution >= 0.6 is 27.5 Å². The van der Waals surface area contributed by atoms with Crippen LogP contribution in [0.3, 0.4) is 0 Å². The molecule has 20 heavy (non-hydrogen) atoms. The third kappa shape index (κ3) is 4.33. The number of hydrogen-bond acceptors (Lipinski definition) is 4. The number of likely N-dealkylation sites (N-methyl/N-ethyl adjacent to an activating group) is 1. The summed E-state index contributed by atoms with van der Waals surface area (Å²) in [4.78, 5) is 4.73. The van der Waals surface area contributed by atoms with Crippen molar-refractivity contribution >= 4 is 27.5 Å². The van der Waals surface area contributed by atoms with E-state index < -0.39 is 0 Å². The molecule has 6 heteroatoms. The standard InChI is InChI=1S/C14H21BrClN3O/c1-18-4-5-19(12(9-17)10-18)6-7-20-14-3-2-11(16)8-13(14)15/h2-3,8,12H,4-7,9-10,17H2,1H3. The molecule has 0 spiro atoms. The number of rotatable bonds is 5. The number of halogens is 2. The van der Waals surface area contributed by atoms with Gasteiger partial charge in [0.2, 0.25) is 0 Å². The molecule has 0 aliphatic carbocycles. The van der Waals surface area contributed by atoms with E-state index in [1.807, 2.05) is 18.2 Å². The second kappa shape index (κ2) is 7.61. The average Bonchev–Trinajstić information content (AvgIpc) is 2.42. The van der Waals surface area contributed by atoms with Gasteiger partial charge in [-0.1, -0.05) is 11.6 Å². The van der Waals surface area contributed by atoms with Crippen LogP contribution in [0.2, 0.25) is 5.02 Å². The minimum atomic E-state index is 0.422. The normalized spacial score (nSPS) is 21.1. The molecular weight excluding hydrogens is 342 g/mol. The van der Waals surface area contributed by atoms with Crippen molar-refractivity contribution in [2.75, 3.05) is 46.4 Å². The van der Waals surface area contributed by atoms with Crippen molar-refractivity contribution in [3.05, 3.63) is 27.7 Å². The summed E-state index contributed by atoms with van der Waals surface area (Å²) in [5.74, 6) is 0.827. The highest BCUT2D eigenvalue weighted by Crippen LogP contribution is 2.27. The highest BCUT2D eigenvalue weighted by Gasteiger charge is 2.23. The van der Waals surface area contributed by atoms with Gasteiger partial charge < -0.3 is 15.4 Å². The molecule has 2 N–H and O–H groups in total. The number of benzene rings is 1. The van der Waals surface area contributed by atoms with Gasteiger partial charge in [0.25, 0.3) is 0 Å². The number of nitrogens with two attached hydrogens (primary N) is 1. The number of hydrogen-bond donors (Lipinski definition) is 1. The highest BCUT2D eigenvalue weighted by atomic mass is 79.9. The predicted molar refractivity (Wildman–Crippen MR) is 86.6 cm³/mol. The molecule has 1 aromatic carbocycles. The van der Waals surface area contributed by atoms with Crippen LogP contribution in [0, 0.1) is 0 Å². The smallest absolute Gasteiger partial charge is 0.133 e. The van der Waals surface area contributed by atoms with Gasteiger partial charge in [-0.15, -0.1) is 0 Å². The van der Waals surface area contributed by atoms with Gasteiger partial charge in [-0.05, 0) is 41.2 Å². The zero-order valence-corrected chi connectivity index (χ0v) is 14.0. The Morgan fingerprint density at radius 1 is 1.45 bits per heavy atom. The van der Waals surface area contributed by atoms with Crippen molar-refractivity contribution in [2.24, 2.45) is 5.73 Å². The first kappa shape index (κ1) is 16.0. The van der Waals surface area contributed by atoms with Crippen molar-refractivity contribution in [3.8, 4) is 5.75 Å². The van der Waals surface area contributed by atoms with E-state index in [9.17, 15) is 0 Å². The summed E-state index contributed by atoms with van der Waals surface area (Å²) in [6.45, 7) is 5.39. The molecule has 0 bridgehead atoms. The topological polar surface area (TPSA) is 41.7 Å². The minimum Gasteiger partial charge on any atom is -0.491 e. The Morgan fingerprint density at radius 2 is 2.25 bits per heavy atom. The van der Waals surface area contributed by atoms with Crippen LogP contribution in [0.25, 0.3) is 0 Å². The van der Waals surface area contributed by atoms with E-state index in [0.717, 1.165) is 36.4 Å². The van der Waals surface area contributed by atoms with E-state index in [4.69, 9.17) is 22.1 Å². The van der Waals surface area contributed by atoms with Crippen LogP contribution in [-0.4, -0.2) is 62.2 Å². The first-order valence-corrected chi connectivity index (χ1v) is 7.97. The van der Waals surface area contributed by atoms with Crippen LogP contribution in [0.15, 0.2) is 22.7 Å². The van der Waals surface area contributed by atoms with Crippen molar-refractivity contribution in [1.29, 1.82) is 0 Å². The first-order valence-electron chi connectivity index (χ1n) is 6.80. The minimum absolute atomic E-state index is 0.422. The van der Waals surface area contributed by atoms with Gasteiger partial charge in [-0.25, -0.2) is 0 Å². The Labute approximate surface area is 133 Å². The summed E-state index contributed by atoms with van der Waals surface area (Å²) in [5, 5.41) is 0.700. The van der Waals surface area contributed by atoms with Crippen molar-refractivity contribution in [2.45, 2.75) is 6.04 Å². The van der Waals surface area contributed by atoms with Crippen LogP contribution in [-0.2, 0) is 0 Å². The lowest BCUT2D eigenvalue weighted by Gasteiger charge is -2.39. The van der Waals surface area contributed by atoms with Crippen LogP contribution < -0.4 is 10.5 Å². The van der Waals surface area contributed by atoms with Gasteiger partial charge in [0.15, 0.2) is 0 Å². The van der Waals surface area contributed by atoms with Crippen LogP contribution in [0.5, 0.6) is 5.75 Å². The number of ether oxygens (including phenoxy) is 1. The SMILES string of the molecule is CN1CCN(CCOc2ccc(Cl)cc2Br)C(CN)C1. The summed E-state index contributed by atoms with van der Waals surface area (Å²) < 4.78 is 6.70. The maximum absolute atomic E-state index is 5.91. The van der Waals surface area contributed by atoms with Crippen LogP contribution in [0.4, 0.5) is 0 Å². The Bertz CT molecular complexity index is 446. The Hall–Kier alpha value is -0.330. The fourth-order valence-electron chi connectivity index (χ4n) is 2.43. The molecule has 0 aromatic heterocycles. The third-order valence-electron chi connectivity index (χ3n) is 3.61. The molecule has 2 rings (SSSR count). The Morgan fingerprint density at radius 3 is 2.95 bits per heavy atom. The quantitative estimate of drug-likeness (QED) is 0.870. The maximum atomic E-state index is 5.91. The number of piperazine rings is 1. The summed E-state index contributed by atoms with van der Waals surface area (Å²) >= 11 is 9.37. The molecular formula is C14H21BrClN3O. The second-order valence-electron chi connectivity index (χ2n) is 5.11. The molecule has 112 valence electrons. The van der Waals surface area contributed by atoms with E-state index in [-0.39, 0.29) is 0 Å². The van der Waals surface area contributed by atoms with Gasteiger partial charge in [-0.3, -0.25) is 4.90 Å². The third-order valence-corrected chi connectivity index (χ3v) is 4.46. The highest BCUT2D eigenvalue weighted by molar-refractivity contribution is 9.10. The first-order chi connectivity index (χ1) is 9.60. The largest absolute Gasteiger partial charge is 0.491 e. The van der Waals surface area contributed by atoms with E-state index >= 15 is 0 Å². The molecule has 1 aliphatic rings. The molecule has 1 unspecified atom stereocenters. The molecule has 0 amide bonds. The Balaban J connectivity index is 1.83. The zero-order chi connectivity index (χ0) is 14.5. The monoisotopic (exact) mass is 361 g/mol. The van der Waals surface area contributed by atoms with E-state index in [0.29, 0.717) is 24.2 Å². The van der Waals surface area contributed by atoms with Crippen molar-refractivity contribution in [3.63, 3.8) is 0 Å². The Kier molecular flexibility index (Phi) is 6.11. The maximum Gasteiger partial charge on any atom is 0.133 e. The summed E-state index contributed by atoms with van der Waals surface area (Å²) in [5.41, 5.74) is 5.85. The van der Waals surface area contributed by atoms with Crippen LogP contribution in [0.1, 0.15) is 0 Å². The molecule has 1 heterocycles. The lowest BCUT2D eigenvalue weighted by Crippen LogP contribution is -2.55. The van der Waals surface area contributed by atoms with Crippen molar-refractivity contribution in [1.82, 2.24) is 9.80 Å². The molecule has 1 aliphatic heterocycles. The van der Waals surface area contributed by atoms with Gasteiger partial charge in [-0.2, -0.15) is 0 Å². The fourth-order valence-corrected chi connectivity index (χ4v) is 3.23. The molecule has 0 radical (unpaired) electrons. The number of nitrogens with zero attached hydrogens (tertiary/aromatic N) is 2. The molecule has 1 atom stereocenters. The summed E-state index contributed by atoms with van der Waals surface area (Å²) in [6, 6.07) is 5.98. The van der Waals surface area contributed by atoms with Gasteiger partial charge in [0.1, 0.15) is 12.4 Å². The van der Waals surface area contributed by atoms with E-state index in [2.05, 4.69) is 32.8 Å². The van der Waals surface area contributed by atoms with E-state index in [1.165, 1.54) is 0 Å². The second-order valence-corrected chi connectivity index (χ2v) is 6.40. The molecule has 0 saturated carbocycles. The zero-order valence-electron chi connectivity index (χ0n) is 11.7. The van der Waals surface area contributed by atoms with Gasteiger partial charge in [0.05, 0.1) is 4.47 Å². The average molecular weight is 363 g/mol. The fraction of sp³-hybridized carbons (Fsp3) is 0.571.